The first-order valence-corrected chi connectivity index (χ1v) is 7.82. The van der Waals surface area contributed by atoms with Gasteiger partial charge >= 0.3 is 0 Å². The van der Waals surface area contributed by atoms with Crippen molar-refractivity contribution in [3.63, 3.8) is 0 Å². The summed E-state index contributed by atoms with van der Waals surface area (Å²) in [7, 11) is 0. The molecule has 3 nitrogen and oxygen atoms in total. The number of halogens is 2. The Kier molecular flexibility index (Phi) is 3.45. The van der Waals surface area contributed by atoms with Crippen LogP contribution in [0.4, 0.5) is 14.5 Å². The fraction of sp³-hybridized carbons (Fsp3) is 0.471. The van der Waals surface area contributed by atoms with Gasteiger partial charge in [0.2, 0.25) is 0 Å². The SMILES string of the molecule is Fc1cc(F)c2nccc(N3CCC4OCCCC4C3)c2c1. The van der Waals surface area contributed by atoms with E-state index in [1.54, 1.807) is 6.20 Å². The molecular formula is C17H18F2N2O. The van der Waals surface area contributed by atoms with E-state index < -0.39 is 11.6 Å². The summed E-state index contributed by atoms with van der Waals surface area (Å²) in [5.41, 5.74) is 1.10. The maximum atomic E-state index is 13.9. The van der Waals surface area contributed by atoms with Crippen LogP contribution >= 0.6 is 0 Å². The second-order valence-electron chi connectivity index (χ2n) is 6.16. The van der Waals surface area contributed by atoms with Gasteiger partial charge in [0.15, 0.2) is 5.82 Å². The van der Waals surface area contributed by atoms with E-state index in [0.29, 0.717) is 17.4 Å². The van der Waals surface area contributed by atoms with Crippen LogP contribution in [0.5, 0.6) is 0 Å². The summed E-state index contributed by atoms with van der Waals surface area (Å²) < 4.78 is 33.4. The lowest BCUT2D eigenvalue weighted by atomic mass is 9.88. The number of hydrogen-bond donors (Lipinski definition) is 0. The van der Waals surface area contributed by atoms with Crippen LogP contribution in [0.15, 0.2) is 24.4 Å². The standard InChI is InChI=1S/C17H18F2N2O/c18-12-8-13-15(3-5-20-17(13)14(19)9-12)21-6-4-16-11(10-21)2-1-7-22-16/h3,5,8-9,11,16H,1-2,4,6-7,10H2. The molecule has 1 aromatic carbocycles. The highest BCUT2D eigenvalue weighted by molar-refractivity contribution is 5.92. The van der Waals surface area contributed by atoms with Gasteiger partial charge in [-0.25, -0.2) is 8.78 Å². The first kappa shape index (κ1) is 13.9. The van der Waals surface area contributed by atoms with Crippen molar-refractivity contribution in [1.82, 2.24) is 4.98 Å². The number of nitrogens with zero attached hydrogens (tertiary/aromatic N) is 2. The first-order chi connectivity index (χ1) is 10.7. The summed E-state index contributed by atoms with van der Waals surface area (Å²) in [6, 6.07) is 4.12. The average molecular weight is 304 g/mol. The molecule has 2 atom stereocenters. The highest BCUT2D eigenvalue weighted by Crippen LogP contribution is 2.34. The predicted molar refractivity (Wildman–Crippen MR) is 81.0 cm³/mol. The highest BCUT2D eigenvalue weighted by Gasteiger charge is 2.32. The number of benzene rings is 1. The van der Waals surface area contributed by atoms with Gasteiger partial charge in [-0.1, -0.05) is 0 Å². The lowest BCUT2D eigenvalue weighted by Gasteiger charge is -2.42. The van der Waals surface area contributed by atoms with Crippen molar-refractivity contribution in [2.75, 3.05) is 24.6 Å². The van der Waals surface area contributed by atoms with Crippen molar-refractivity contribution >= 4 is 16.6 Å². The molecule has 0 radical (unpaired) electrons. The minimum atomic E-state index is -0.604. The van der Waals surface area contributed by atoms with Gasteiger partial charge in [0, 0.05) is 49.0 Å². The molecule has 0 bridgehead atoms. The van der Waals surface area contributed by atoms with Crippen LogP contribution in [0, 0.1) is 17.6 Å². The molecule has 1 aromatic heterocycles. The molecule has 2 unspecified atom stereocenters. The molecule has 2 fully saturated rings. The fourth-order valence-corrected chi connectivity index (χ4v) is 3.75. The molecule has 0 aliphatic carbocycles. The zero-order chi connectivity index (χ0) is 15.1. The molecule has 3 heterocycles. The third-order valence-corrected chi connectivity index (χ3v) is 4.80. The number of pyridine rings is 1. The van der Waals surface area contributed by atoms with Crippen LogP contribution in [-0.4, -0.2) is 30.8 Å². The van der Waals surface area contributed by atoms with E-state index in [-0.39, 0.29) is 5.52 Å². The number of ether oxygens (including phenoxy) is 1. The van der Waals surface area contributed by atoms with Gasteiger partial charge in [0.05, 0.1) is 6.10 Å². The third kappa shape index (κ3) is 2.33. The summed E-state index contributed by atoms with van der Waals surface area (Å²) in [5.74, 6) is -0.660. The van der Waals surface area contributed by atoms with Crippen molar-refractivity contribution < 1.29 is 13.5 Å². The van der Waals surface area contributed by atoms with Gasteiger partial charge in [0.1, 0.15) is 11.3 Å². The maximum Gasteiger partial charge on any atom is 0.152 e. The molecule has 2 aliphatic heterocycles. The Balaban J connectivity index is 1.72. The van der Waals surface area contributed by atoms with Crippen molar-refractivity contribution in [1.29, 1.82) is 0 Å². The van der Waals surface area contributed by atoms with Gasteiger partial charge in [-0.3, -0.25) is 4.98 Å². The Morgan fingerprint density at radius 1 is 1.23 bits per heavy atom. The van der Waals surface area contributed by atoms with Crippen LogP contribution in [0.2, 0.25) is 0 Å². The summed E-state index contributed by atoms with van der Waals surface area (Å²) in [6.07, 6.45) is 5.16. The summed E-state index contributed by atoms with van der Waals surface area (Å²) in [6.45, 7) is 2.58. The Morgan fingerprint density at radius 3 is 3.05 bits per heavy atom. The molecule has 22 heavy (non-hydrogen) atoms. The van der Waals surface area contributed by atoms with Gasteiger partial charge in [-0.2, -0.15) is 0 Å². The molecular weight excluding hydrogens is 286 g/mol. The molecule has 0 saturated carbocycles. The van der Waals surface area contributed by atoms with E-state index in [2.05, 4.69) is 9.88 Å². The van der Waals surface area contributed by atoms with Crippen LogP contribution in [-0.2, 0) is 4.74 Å². The minimum absolute atomic E-state index is 0.237. The van der Waals surface area contributed by atoms with Crippen LogP contribution in [0.3, 0.4) is 0 Å². The Morgan fingerprint density at radius 2 is 2.14 bits per heavy atom. The molecule has 2 aliphatic rings. The van der Waals surface area contributed by atoms with Crippen molar-refractivity contribution in [3.05, 3.63) is 36.0 Å². The maximum absolute atomic E-state index is 13.9. The molecule has 116 valence electrons. The van der Waals surface area contributed by atoms with E-state index in [1.807, 2.05) is 6.07 Å². The van der Waals surface area contributed by atoms with E-state index in [1.165, 1.54) is 6.07 Å². The average Bonchev–Trinajstić information content (AvgIpc) is 2.54. The zero-order valence-corrected chi connectivity index (χ0v) is 12.3. The van der Waals surface area contributed by atoms with Gasteiger partial charge in [0.25, 0.3) is 0 Å². The molecule has 0 amide bonds. The molecule has 0 N–H and O–H groups in total. The predicted octanol–water partition coefficient (Wildman–Crippen LogP) is 3.52. The Hall–Kier alpha value is -1.75. The zero-order valence-electron chi connectivity index (χ0n) is 12.3. The largest absolute Gasteiger partial charge is 0.378 e. The van der Waals surface area contributed by atoms with Crippen molar-refractivity contribution in [2.45, 2.75) is 25.4 Å². The second-order valence-corrected chi connectivity index (χ2v) is 6.16. The Labute approximate surface area is 127 Å². The lowest BCUT2D eigenvalue weighted by Crippen LogP contribution is -2.46. The summed E-state index contributed by atoms with van der Waals surface area (Å²) in [5, 5.41) is 0.551. The normalized spacial score (nSPS) is 25.3. The molecule has 4 rings (SSSR count). The van der Waals surface area contributed by atoms with Crippen LogP contribution < -0.4 is 4.90 Å². The highest BCUT2D eigenvalue weighted by atomic mass is 19.1. The number of hydrogen-bond acceptors (Lipinski definition) is 3. The number of rotatable bonds is 1. The quantitative estimate of drug-likeness (QED) is 0.806. The lowest BCUT2D eigenvalue weighted by molar-refractivity contribution is -0.0356. The van der Waals surface area contributed by atoms with Crippen molar-refractivity contribution in [3.8, 4) is 0 Å². The Bertz CT molecular complexity index is 706. The number of aromatic nitrogens is 1. The second kappa shape index (κ2) is 5.47. The summed E-state index contributed by atoms with van der Waals surface area (Å²) >= 11 is 0. The fourth-order valence-electron chi connectivity index (χ4n) is 3.75. The number of piperidine rings is 1. The number of anilines is 1. The molecule has 5 heteroatoms. The van der Waals surface area contributed by atoms with Gasteiger partial charge < -0.3 is 9.64 Å². The number of fused-ring (bicyclic) bond motifs is 2. The van der Waals surface area contributed by atoms with E-state index in [4.69, 9.17) is 4.74 Å². The van der Waals surface area contributed by atoms with Crippen LogP contribution in [0.1, 0.15) is 19.3 Å². The minimum Gasteiger partial charge on any atom is -0.378 e. The van der Waals surface area contributed by atoms with E-state index >= 15 is 0 Å². The van der Waals surface area contributed by atoms with Crippen molar-refractivity contribution in [2.24, 2.45) is 5.92 Å². The molecule has 0 spiro atoms. The molecule has 2 aromatic rings. The topological polar surface area (TPSA) is 25.4 Å². The smallest absolute Gasteiger partial charge is 0.152 e. The third-order valence-electron chi connectivity index (χ3n) is 4.80. The summed E-state index contributed by atoms with van der Waals surface area (Å²) in [4.78, 5) is 6.29. The monoisotopic (exact) mass is 304 g/mol. The van der Waals surface area contributed by atoms with Gasteiger partial charge in [-0.05, 0) is 31.4 Å². The van der Waals surface area contributed by atoms with E-state index in [9.17, 15) is 8.78 Å². The first-order valence-electron chi connectivity index (χ1n) is 7.82. The van der Waals surface area contributed by atoms with E-state index in [0.717, 1.165) is 50.7 Å². The molecule has 2 saturated heterocycles. The van der Waals surface area contributed by atoms with Crippen LogP contribution in [0.25, 0.3) is 10.9 Å². The van der Waals surface area contributed by atoms with Gasteiger partial charge in [-0.15, -0.1) is 0 Å².